The number of rotatable bonds is 1. The van der Waals surface area contributed by atoms with Crippen LogP contribution < -0.4 is 0 Å². The fourth-order valence-corrected chi connectivity index (χ4v) is 1.11. The Morgan fingerprint density at radius 1 is 1.90 bits per heavy atom. The van der Waals surface area contributed by atoms with E-state index in [1.54, 1.807) is 0 Å². The molecule has 0 saturated carbocycles. The molecule has 0 amide bonds. The van der Waals surface area contributed by atoms with Crippen molar-refractivity contribution < 1.29 is 4.74 Å². The molecule has 0 aliphatic carbocycles. The lowest BCUT2D eigenvalue weighted by atomic mass is 9.94. The van der Waals surface area contributed by atoms with Gasteiger partial charge in [0.15, 0.2) is 0 Å². The van der Waals surface area contributed by atoms with Crippen molar-refractivity contribution in [3.63, 3.8) is 0 Å². The monoisotopic (exact) mass is 137 g/mol. The van der Waals surface area contributed by atoms with Crippen LogP contribution in [0, 0.1) is 23.2 Å². The van der Waals surface area contributed by atoms with Crippen molar-refractivity contribution in [3.05, 3.63) is 12.3 Å². The molecule has 0 unspecified atom stereocenters. The van der Waals surface area contributed by atoms with Gasteiger partial charge in [-0.2, -0.15) is 5.26 Å². The van der Waals surface area contributed by atoms with E-state index in [9.17, 15) is 0 Å². The number of allylic oxidation sites excluding steroid dienone is 1. The van der Waals surface area contributed by atoms with Gasteiger partial charge in [0.05, 0.1) is 18.4 Å². The Balaban J connectivity index is 2.50. The van der Waals surface area contributed by atoms with Crippen LogP contribution in [0.1, 0.15) is 13.3 Å². The topological polar surface area (TPSA) is 33.0 Å². The molecule has 0 bridgehead atoms. The molecule has 0 aromatic rings. The summed E-state index contributed by atoms with van der Waals surface area (Å²) >= 11 is 0. The second kappa shape index (κ2) is 2.74. The van der Waals surface area contributed by atoms with Crippen molar-refractivity contribution in [3.8, 4) is 6.07 Å². The molecule has 1 rings (SSSR count). The van der Waals surface area contributed by atoms with E-state index in [-0.39, 0.29) is 0 Å². The average Bonchev–Trinajstić information content (AvgIpc) is 2.20. The van der Waals surface area contributed by atoms with Crippen LogP contribution in [0.15, 0.2) is 12.3 Å². The van der Waals surface area contributed by atoms with Gasteiger partial charge in [0.2, 0.25) is 0 Å². The fraction of sp³-hybridized carbons (Fsp3) is 0.625. The molecule has 0 aromatic heterocycles. The van der Waals surface area contributed by atoms with Gasteiger partial charge in [0.25, 0.3) is 0 Å². The first-order chi connectivity index (χ1) is 4.75. The molecule has 1 saturated heterocycles. The van der Waals surface area contributed by atoms with Gasteiger partial charge in [0.1, 0.15) is 0 Å². The Morgan fingerprint density at radius 3 is 3.00 bits per heavy atom. The van der Waals surface area contributed by atoms with Gasteiger partial charge >= 0.3 is 0 Å². The molecule has 0 aromatic carbocycles. The maximum Gasteiger partial charge on any atom is 0.0922 e. The second-order valence-electron chi connectivity index (χ2n) is 2.69. The first-order valence-electron chi connectivity index (χ1n) is 3.44. The summed E-state index contributed by atoms with van der Waals surface area (Å²) < 4.78 is 5.18. The molecule has 10 heavy (non-hydrogen) atoms. The first-order valence-corrected chi connectivity index (χ1v) is 3.44. The summed E-state index contributed by atoms with van der Waals surface area (Å²) in [5.74, 6) is 1.57. The summed E-state index contributed by atoms with van der Waals surface area (Å²) in [6.07, 6.45) is 0.584. The Morgan fingerprint density at radius 2 is 2.60 bits per heavy atom. The lowest BCUT2D eigenvalue weighted by molar-refractivity contribution is 0.243. The molecule has 1 aliphatic heterocycles. The minimum atomic E-state index is 0.361. The molecule has 1 heterocycles. The second-order valence-corrected chi connectivity index (χ2v) is 2.69. The van der Waals surface area contributed by atoms with Crippen molar-refractivity contribution in [2.45, 2.75) is 13.3 Å². The summed E-state index contributed by atoms with van der Waals surface area (Å²) in [4.78, 5) is 0. The summed E-state index contributed by atoms with van der Waals surface area (Å²) in [7, 11) is 0. The normalized spacial score (nSPS) is 31.4. The molecule has 54 valence electrons. The van der Waals surface area contributed by atoms with E-state index >= 15 is 0 Å². The summed E-state index contributed by atoms with van der Waals surface area (Å²) in [6, 6.07) is 2.14. The van der Waals surface area contributed by atoms with E-state index in [4.69, 9.17) is 10.00 Å². The molecule has 2 atom stereocenters. The third-order valence-corrected chi connectivity index (χ3v) is 2.05. The lowest BCUT2D eigenvalue weighted by Crippen LogP contribution is -2.06. The highest BCUT2D eigenvalue weighted by Gasteiger charge is 2.27. The molecule has 0 spiro atoms. The molecular formula is C8H11NO. The maximum absolute atomic E-state index is 8.40. The predicted octanol–water partition coefficient (Wildman–Crippen LogP) is 1.70. The van der Waals surface area contributed by atoms with Gasteiger partial charge in [-0.1, -0.05) is 13.5 Å². The van der Waals surface area contributed by atoms with E-state index in [0.717, 1.165) is 5.76 Å². The minimum absolute atomic E-state index is 0.361. The molecule has 0 N–H and O–H groups in total. The van der Waals surface area contributed by atoms with Crippen LogP contribution >= 0.6 is 0 Å². The molecule has 2 heteroatoms. The summed E-state index contributed by atoms with van der Waals surface area (Å²) in [6.45, 7) is 6.46. The van der Waals surface area contributed by atoms with Gasteiger partial charge in [-0.3, -0.25) is 0 Å². The third kappa shape index (κ3) is 1.13. The SMILES string of the molecule is C=C1OC[C@H](CC#N)[C@H]1C. The van der Waals surface area contributed by atoms with Crippen molar-refractivity contribution in [2.24, 2.45) is 11.8 Å². The third-order valence-electron chi connectivity index (χ3n) is 2.05. The highest BCUT2D eigenvalue weighted by molar-refractivity contribution is 4.99. The molecule has 2 nitrogen and oxygen atoms in total. The van der Waals surface area contributed by atoms with Crippen LogP contribution in [0.25, 0.3) is 0 Å². The molecule has 0 radical (unpaired) electrons. The van der Waals surface area contributed by atoms with E-state index in [1.165, 1.54) is 0 Å². The standard InChI is InChI=1S/C8H11NO/c1-6-7(2)10-5-8(6)3-4-9/h6,8H,2-3,5H2,1H3/t6-,8-/m0/s1. The quantitative estimate of drug-likeness (QED) is 0.551. The largest absolute Gasteiger partial charge is 0.498 e. The van der Waals surface area contributed by atoms with Gasteiger partial charge in [-0.15, -0.1) is 0 Å². The highest BCUT2D eigenvalue weighted by Crippen LogP contribution is 2.30. The highest BCUT2D eigenvalue weighted by atomic mass is 16.5. The lowest BCUT2D eigenvalue weighted by Gasteiger charge is -2.05. The van der Waals surface area contributed by atoms with Gasteiger partial charge in [-0.25, -0.2) is 0 Å². The molecular weight excluding hydrogens is 126 g/mol. The van der Waals surface area contributed by atoms with Gasteiger partial charge < -0.3 is 4.74 Å². The minimum Gasteiger partial charge on any atom is -0.498 e. The number of hydrogen-bond acceptors (Lipinski definition) is 2. The van der Waals surface area contributed by atoms with Crippen LogP contribution in [-0.2, 0) is 4.74 Å². The maximum atomic E-state index is 8.40. The van der Waals surface area contributed by atoms with E-state index in [0.29, 0.717) is 24.9 Å². The predicted molar refractivity (Wildman–Crippen MR) is 38.0 cm³/mol. The van der Waals surface area contributed by atoms with Crippen LogP contribution in [0.5, 0.6) is 0 Å². The van der Waals surface area contributed by atoms with Crippen molar-refractivity contribution >= 4 is 0 Å². The number of nitrogens with zero attached hydrogens (tertiary/aromatic N) is 1. The number of nitriles is 1. The fourth-order valence-electron chi connectivity index (χ4n) is 1.11. The summed E-state index contributed by atoms with van der Waals surface area (Å²) in [5, 5.41) is 8.40. The smallest absolute Gasteiger partial charge is 0.0922 e. The first kappa shape index (κ1) is 7.14. The van der Waals surface area contributed by atoms with E-state index < -0.39 is 0 Å². The van der Waals surface area contributed by atoms with Crippen LogP contribution in [0.4, 0.5) is 0 Å². The zero-order chi connectivity index (χ0) is 7.56. The Labute approximate surface area is 61.1 Å². The zero-order valence-corrected chi connectivity index (χ0v) is 6.13. The number of hydrogen-bond donors (Lipinski definition) is 0. The summed E-state index contributed by atoms with van der Waals surface area (Å²) in [5.41, 5.74) is 0. The average molecular weight is 137 g/mol. The van der Waals surface area contributed by atoms with E-state index in [1.807, 2.05) is 0 Å². The van der Waals surface area contributed by atoms with Crippen molar-refractivity contribution in [2.75, 3.05) is 6.61 Å². The Bertz CT molecular complexity index is 180. The van der Waals surface area contributed by atoms with Crippen LogP contribution in [-0.4, -0.2) is 6.61 Å². The van der Waals surface area contributed by atoms with Crippen LogP contribution in [0.2, 0.25) is 0 Å². The van der Waals surface area contributed by atoms with Crippen molar-refractivity contribution in [1.29, 1.82) is 5.26 Å². The Hall–Kier alpha value is -0.970. The van der Waals surface area contributed by atoms with Crippen molar-refractivity contribution in [1.82, 2.24) is 0 Å². The molecule has 1 fully saturated rings. The number of ether oxygens (including phenoxy) is 1. The zero-order valence-electron chi connectivity index (χ0n) is 6.13. The van der Waals surface area contributed by atoms with Gasteiger partial charge in [-0.05, 0) is 0 Å². The van der Waals surface area contributed by atoms with E-state index in [2.05, 4.69) is 19.6 Å². The Kier molecular flexibility index (Phi) is 1.96. The molecule has 1 aliphatic rings. The van der Waals surface area contributed by atoms with Crippen LogP contribution in [0.3, 0.4) is 0 Å². The van der Waals surface area contributed by atoms with Gasteiger partial charge in [0, 0.05) is 18.3 Å².